The molecular formula is C14H22ClN. The van der Waals surface area contributed by atoms with Gasteiger partial charge in [0.2, 0.25) is 0 Å². The third-order valence-electron chi connectivity index (χ3n) is 2.78. The molecule has 0 bridgehead atoms. The van der Waals surface area contributed by atoms with Crippen molar-refractivity contribution < 1.29 is 0 Å². The molecule has 1 nitrogen and oxygen atoms in total. The van der Waals surface area contributed by atoms with E-state index in [-0.39, 0.29) is 0 Å². The highest BCUT2D eigenvalue weighted by atomic mass is 35.5. The molecule has 1 N–H and O–H groups in total. The Labute approximate surface area is 104 Å². The molecule has 1 unspecified atom stereocenters. The zero-order valence-electron chi connectivity index (χ0n) is 10.1. The quantitative estimate of drug-likeness (QED) is 0.531. The van der Waals surface area contributed by atoms with Crippen LogP contribution in [-0.4, -0.2) is 12.4 Å². The molecule has 16 heavy (non-hydrogen) atoms. The second kappa shape index (κ2) is 8.60. The number of hydrogen-bond donors (Lipinski definition) is 1. The van der Waals surface area contributed by atoms with Crippen molar-refractivity contribution in [1.29, 1.82) is 0 Å². The third kappa shape index (κ3) is 5.00. The van der Waals surface area contributed by atoms with Crippen molar-refractivity contribution >= 4 is 11.6 Å². The van der Waals surface area contributed by atoms with E-state index in [1.165, 1.54) is 31.2 Å². The lowest BCUT2D eigenvalue weighted by atomic mass is 10.1. The van der Waals surface area contributed by atoms with Gasteiger partial charge >= 0.3 is 0 Å². The van der Waals surface area contributed by atoms with Gasteiger partial charge in [0.05, 0.1) is 0 Å². The van der Waals surface area contributed by atoms with E-state index in [2.05, 4.69) is 36.5 Å². The molecule has 1 aromatic carbocycles. The van der Waals surface area contributed by atoms with Crippen LogP contribution in [-0.2, 0) is 0 Å². The van der Waals surface area contributed by atoms with Gasteiger partial charge in [-0.1, -0.05) is 56.5 Å². The van der Waals surface area contributed by atoms with Gasteiger partial charge in [0.25, 0.3) is 0 Å². The first-order valence-electron chi connectivity index (χ1n) is 6.22. The van der Waals surface area contributed by atoms with E-state index in [1.807, 2.05) is 6.07 Å². The van der Waals surface area contributed by atoms with Gasteiger partial charge in [-0.3, -0.25) is 0 Å². The summed E-state index contributed by atoms with van der Waals surface area (Å²) in [5.41, 5.74) is 1.29. The minimum atomic E-state index is 0.296. The first-order valence-corrected chi connectivity index (χ1v) is 6.76. The van der Waals surface area contributed by atoms with Gasteiger partial charge in [-0.2, -0.15) is 0 Å². The summed E-state index contributed by atoms with van der Waals surface area (Å²) in [4.78, 5) is 0. The fourth-order valence-corrected chi connectivity index (χ4v) is 2.06. The van der Waals surface area contributed by atoms with Crippen molar-refractivity contribution in [1.82, 2.24) is 5.32 Å². The van der Waals surface area contributed by atoms with E-state index in [9.17, 15) is 0 Å². The summed E-state index contributed by atoms with van der Waals surface area (Å²) in [5, 5.41) is 3.51. The molecule has 0 aliphatic heterocycles. The van der Waals surface area contributed by atoms with Crippen molar-refractivity contribution in [2.24, 2.45) is 0 Å². The molecule has 0 aliphatic carbocycles. The highest BCUT2D eigenvalue weighted by Crippen LogP contribution is 2.14. The van der Waals surface area contributed by atoms with Crippen molar-refractivity contribution in [3.05, 3.63) is 35.9 Å². The van der Waals surface area contributed by atoms with Crippen LogP contribution in [0.3, 0.4) is 0 Å². The fraction of sp³-hybridized carbons (Fsp3) is 0.571. The van der Waals surface area contributed by atoms with E-state index in [0.717, 1.165) is 6.54 Å². The van der Waals surface area contributed by atoms with Crippen LogP contribution in [0.5, 0.6) is 0 Å². The van der Waals surface area contributed by atoms with Crippen LogP contribution in [0.15, 0.2) is 30.3 Å². The van der Waals surface area contributed by atoms with Crippen molar-refractivity contribution in [3.63, 3.8) is 0 Å². The van der Waals surface area contributed by atoms with Crippen LogP contribution >= 0.6 is 11.6 Å². The number of nitrogens with one attached hydrogen (secondary N) is 1. The molecule has 0 saturated carbocycles. The van der Waals surface area contributed by atoms with Gasteiger partial charge < -0.3 is 5.32 Å². The molecule has 90 valence electrons. The second-order valence-corrected chi connectivity index (χ2v) is 4.44. The largest absolute Gasteiger partial charge is 0.309 e. The molecule has 0 fully saturated rings. The Kier molecular flexibility index (Phi) is 7.28. The lowest BCUT2D eigenvalue weighted by molar-refractivity contribution is 0.540. The van der Waals surface area contributed by atoms with Crippen LogP contribution in [0, 0.1) is 0 Å². The third-order valence-corrected chi connectivity index (χ3v) is 3.09. The summed E-state index contributed by atoms with van der Waals surface area (Å²) in [6.45, 7) is 3.30. The summed E-state index contributed by atoms with van der Waals surface area (Å²) in [5.74, 6) is 0.637. The van der Waals surface area contributed by atoms with E-state index in [1.54, 1.807) is 0 Å². The maximum absolute atomic E-state index is 5.98. The standard InChI is InChI=1S/C14H22ClN/c1-2-3-4-8-11-16-14(12-15)13-9-6-5-7-10-13/h5-7,9-10,14,16H,2-4,8,11-12H2,1H3. The Bertz CT molecular complexity index is 261. The molecule has 0 amide bonds. The average Bonchev–Trinajstić information content (AvgIpc) is 2.35. The predicted molar refractivity (Wildman–Crippen MR) is 72.0 cm³/mol. The van der Waals surface area contributed by atoms with Crippen LogP contribution < -0.4 is 5.32 Å². The van der Waals surface area contributed by atoms with E-state index < -0.39 is 0 Å². The fourth-order valence-electron chi connectivity index (χ4n) is 1.77. The zero-order chi connectivity index (χ0) is 11.6. The number of halogens is 1. The van der Waals surface area contributed by atoms with Crippen LogP contribution in [0.25, 0.3) is 0 Å². The minimum absolute atomic E-state index is 0.296. The number of alkyl halides is 1. The molecule has 0 aromatic heterocycles. The van der Waals surface area contributed by atoms with E-state index in [4.69, 9.17) is 11.6 Å². The molecule has 2 heteroatoms. The van der Waals surface area contributed by atoms with Crippen LogP contribution in [0.4, 0.5) is 0 Å². The van der Waals surface area contributed by atoms with Gasteiger partial charge in [-0.25, -0.2) is 0 Å². The topological polar surface area (TPSA) is 12.0 Å². The summed E-state index contributed by atoms with van der Waals surface area (Å²) in [7, 11) is 0. The van der Waals surface area contributed by atoms with Gasteiger partial charge in [0.1, 0.15) is 0 Å². The van der Waals surface area contributed by atoms with E-state index >= 15 is 0 Å². The lowest BCUT2D eigenvalue weighted by Gasteiger charge is -2.16. The number of unbranched alkanes of at least 4 members (excludes halogenated alkanes) is 3. The van der Waals surface area contributed by atoms with Crippen molar-refractivity contribution in [3.8, 4) is 0 Å². The Morgan fingerprint density at radius 1 is 1.12 bits per heavy atom. The molecular weight excluding hydrogens is 218 g/mol. The van der Waals surface area contributed by atoms with Gasteiger partial charge in [0, 0.05) is 11.9 Å². The molecule has 1 aromatic rings. The number of benzene rings is 1. The van der Waals surface area contributed by atoms with E-state index in [0.29, 0.717) is 11.9 Å². The normalized spacial score (nSPS) is 12.6. The Morgan fingerprint density at radius 3 is 2.50 bits per heavy atom. The molecule has 1 atom stereocenters. The monoisotopic (exact) mass is 239 g/mol. The molecule has 1 rings (SSSR count). The number of hydrogen-bond acceptors (Lipinski definition) is 1. The molecule has 0 radical (unpaired) electrons. The van der Waals surface area contributed by atoms with Gasteiger partial charge in [-0.15, -0.1) is 11.6 Å². The molecule has 0 spiro atoms. The SMILES string of the molecule is CCCCCCNC(CCl)c1ccccc1. The predicted octanol–water partition coefficient (Wildman–Crippen LogP) is 4.14. The first-order chi connectivity index (χ1) is 7.88. The van der Waals surface area contributed by atoms with Gasteiger partial charge in [-0.05, 0) is 18.5 Å². The Hall–Kier alpha value is -0.530. The van der Waals surface area contributed by atoms with Gasteiger partial charge in [0.15, 0.2) is 0 Å². The molecule has 0 aliphatic rings. The Balaban J connectivity index is 2.27. The second-order valence-electron chi connectivity index (χ2n) is 4.13. The lowest BCUT2D eigenvalue weighted by Crippen LogP contribution is -2.23. The maximum atomic E-state index is 5.98. The summed E-state index contributed by atoms with van der Waals surface area (Å²) in [6, 6.07) is 10.7. The number of rotatable bonds is 8. The maximum Gasteiger partial charge on any atom is 0.0457 e. The summed E-state index contributed by atoms with van der Waals surface area (Å²) >= 11 is 5.98. The minimum Gasteiger partial charge on any atom is -0.309 e. The summed E-state index contributed by atoms with van der Waals surface area (Å²) in [6.07, 6.45) is 5.18. The average molecular weight is 240 g/mol. The highest BCUT2D eigenvalue weighted by Gasteiger charge is 2.07. The molecule has 0 heterocycles. The molecule has 0 saturated heterocycles. The van der Waals surface area contributed by atoms with Crippen LogP contribution in [0.1, 0.15) is 44.2 Å². The van der Waals surface area contributed by atoms with Crippen molar-refractivity contribution in [2.45, 2.75) is 38.6 Å². The zero-order valence-corrected chi connectivity index (χ0v) is 10.8. The van der Waals surface area contributed by atoms with Crippen LogP contribution in [0.2, 0.25) is 0 Å². The smallest absolute Gasteiger partial charge is 0.0457 e. The highest BCUT2D eigenvalue weighted by molar-refractivity contribution is 6.18. The Morgan fingerprint density at radius 2 is 1.88 bits per heavy atom. The summed E-state index contributed by atoms with van der Waals surface area (Å²) < 4.78 is 0. The van der Waals surface area contributed by atoms with Crippen molar-refractivity contribution in [2.75, 3.05) is 12.4 Å². The first kappa shape index (κ1) is 13.5.